The molecule has 1 heterocycles. The Morgan fingerprint density at radius 2 is 1.82 bits per heavy atom. The number of nitrogens with two attached hydrogens (primary N) is 1. The second kappa shape index (κ2) is 6.07. The summed E-state index contributed by atoms with van der Waals surface area (Å²) in [6.07, 6.45) is 0.944. The van der Waals surface area contributed by atoms with E-state index < -0.39 is 0 Å². The van der Waals surface area contributed by atoms with Crippen LogP contribution in [-0.2, 0) is 6.42 Å². The summed E-state index contributed by atoms with van der Waals surface area (Å²) >= 11 is 6.01. The summed E-state index contributed by atoms with van der Waals surface area (Å²) in [6.45, 7) is 0.884. The number of rotatable bonds is 3. The maximum absolute atomic E-state index is 6.16. The van der Waals surface area contributed by atoms with Crippen LogP contribution >= 0.6 is 11.6 Å². The average molecular weight is 319 g/mol. The van der Waals surface area contributed by atoms with Crippen LogP contribution in [0.15, 0.2) is 30.3 Å². The van der Waals surface area contributed by atoms with Crippen LogP contribution < -0.4 is 20.5 Å². The van der Waals surface area contributed by atoms with Gasteiger partial charge in [0.15, 0.2) is 11.5 Å². The minimum absolute atomic E-state index is 0.0285. The zero-order valence-electron chi connectivity index (χ0n) is 12.7. The lowest BCUT2D eigenvalue weighted by Gasteiger charge is -2.29. The molecule has 2 aromatic carbocycles. The molecule has 0 amide bonds. The first kappa shape index (κ1) is 15.0. The summed E-state index contributed by atoms with van der Waals surface area (Å²) in [5.41, 5.74) is 10.3. The Morgan fingerprint density at radius 1 is 1.09 bits per heavy atom. The van der Waals surface area contributed by atoms with Crippen LogP contribution in [0.1, 0.15) is 22.7 Å². The monoisotopic (exact) mass is 318 g/mol. The number of hydrogen-bond acceptors (Lipinski definition) is 4. The molecule has 4 nitrogen and oxygen atoms in total. The Morgan fingerprint density at radius 3 is 2.50 bits per heavy atom. The molecule has 0 unspecified atom stereocenters. The van der Waals surface area contributed by atoms with Crippen molar-refractivity contribution in [2.45, 2.75) is 12.5 Å². The van der Waals surface area contributed by atoms with Gasteiger partial charge in [0.2, 0.25) is 0 Å². The lowest BCUT2D eigenvalue weighted by molar-refractivity contribution is 0.353. The van der Waals surface area contributed by atoms with E-state index in [1.807, 2.05) is 24.3 Å². The third-order valence-electron chi connectivity index (χ3n) is 4.06. The van der Waals surface area contributed by atoms with E-state index in [4.69, 9.17) is 26.8 Å². The van der Waals surface area contributed by atoms with Crippen molar-refractivity contribution in [3.63, 3.8) is 0 Å². The summed E-state index contributed by atoms with van der Waals surface area (Å²) in [7, 11) is 3.30. The Labute approximate surface area is 135 Å². The third-order valence-corrected chi connectivity index (χ3v) is 4.29. The summed E-state index contributed by atoms with van der Waals surface area (Å²) < 4.78 is 10.8. The first-order valence-corrected chi connectivity index (χ1v) is 7.55. The normalized spacial score (nSPS) is 17.0. The molecule has 0 aromatic heterocycles. The van der Waals surface area contributed by atoms with E-state index in [0.29, 0.717) is 10.7 Å². The maximum Gasteiger partial charge on any atom is 0.161 e. The summed E-state index contributed by atoms with van der Waals surface area (Å²) in [6, 6.07) is 9.73. The molecule has 2 aromatic rings. The predicted molar refractivity (Wildman–Crippen MR) is 89.0 cm³/mol. The van der Waals surface area contributed by atoms with Crippen molar-refractivity contribution in [1.29, 1.82) is 0 Å². The van der Waals surface area contributed by atoms with E-state index >= 15 is 0 Å². The Kier molecular flexibility index (Phi) is 4.14. The molecule has 0 aliphatic carbocycles. The number of nitrogen functional groups attached to an aromatic ring is 1. The number of hydrogen-bond donors (Lipinski definition) is 2. The summed E-state index contributed by atoms with van der Waals surface area (Å²) in [4.78, 5) is 0. The molecule has 0 spiro atoms. The second-order valence-electron chi connectivity index (χ2n) is 5.32. The van der Waals surface area contributed by atoms with E-state index in [0.717, 1.165) is 35.6 Å². The maximum atomic E-state index is 6.16. The molecule has 3 rings (SSSR count). The molecule has 0 fully saturated rings. The highest BCUT2D eigenvalue weighted by Crippen LogP contribution is 2.39. The van der Waals surface area contributed by atoms with Gasteiger partial charge in [-0.3, -0.25) is 0 Å². The largest absolute Gasteiger partial charge is 0.493 e. The van der Waals surface area contributed by atoms with Gasteiger partial charge in [0.25, 0.3) is 0 Å². The molecular weight excluding hydrogens is 300 g/mol. The third kappa shape index (κ3) is 2.60. The van der Waals surface area contributed by atoms with Gasteiger partial charge in [-0.2, -0.15) is 0 Å². The van der Waals surface area contributed by atoms with Crippen LogP contribution in [0.5, 0.6) is 11.5 Å². The molecular formula is C17H19ClN2O2. The van der Waals surface area contributed by atoms with E-state index in [1.54, 1.807) is 20.3 Å². The zero-order chi connectivity index (χ0) is 15.7. The first-order valence-electron chi connectivity index (χ1n) is 7.17. The zero-order valence-corrected chi connectivity index (χ0v) is 13.4. The number of nitrogens with one attached hydrogen (secondary N) is 1. The van der Waals surface area contributed by atoms with Gasteiger partial charge < -0.3 is 20.5 Å². The van der Waals surface area contributed by atoms with Gasteiger partial charge in [-0.25, -0.2) is 0 Å². The fourth-order valence-corrected chi connectivity index (χ4v) is 3.15. The second-order valence-corrected chi connectivity index (χ2v) is 5.75. The fourth-order valence-electron chi connectivity index (χ4n) is 2.97. The topological polar surface area (TPSA) is 56.5 Å². The predicted octanol–water partition coefficient (Wildman–Crippen LogP) is 3.17. The van der Waals surface area contributed by atoms with Crippen LogP contribution in [0, 0.1) is 0 Å². The molecule has 1 atom stereocenters. The van der Waals surface area contributed by atoms with Crippen LogP contribution in [0.2, 0.25) is 5.02 Å². The molecule has 0 saturated heterocycles. The van der Waals surface area contributed by atoms with Crippen molar-refractivity contribution < 1.29 is 9.47 Å². The van der Waals surface area contributed by atoms with Gasteiger partial charge >= 0.3 is 0 Å². The van der Waals surface area contributed by atoms with Gasteiger partial charge in [-0.1, -0.05) is 17.7 Å². The SMILES string of the molecule is COc1cc2c(cc1OC)[C@@H](c1ccc(Cl)cc1N)NCC2. The Hall–Kier alpha value is -1.91. The number of ether oxygens (including phenoxy) is 2. The van der Waals surface area contributed by atoms with Gasteiger partial charge in [-0.05, 0) is 47.4 Å². The number of halogens is 1. The first-order chi connectivity index (χ1) is 10.6. The molecule has 5 heteroatoms. The van der Waals surface area contributed by atoms with Gasteiger partial charge in [0, 0.05) is 17.3 Å². The lowest BCUT2D eigenvalue weighted by Crippen LogP contribution is -2.31. The molecule has 0 bridgehead atoms. The van der Waals surface area contributed by atoms with Crippen LogP contribution in [-0.4, -0.2) is 20.8 Å². The Balaban J connectivity index is 2.10. The van der Waals surface area contributed by atoms with Gasteiger partial charge in [-0.15, -0.1) is 0 Å². The highest BCUT2D eigenvalue weighted by atomic mass is 35.5. The van der Waals surface area contributed by atoms with E-state index in [9.17, 15) is 0 Å². The standard InChI is InChI=1S/C17H19ClN2O2/c1-21-15-7-10-5-6-20-17(13(10)9-16(15)22-2)12-4-3-11(18)8-14(12)19/h3-4,7-9,17,20H,5-6,19H2,1-2H3/t17-/m1/s1. The smallest absolute Gasteiger partial charge is 0.161 e. The van der Waals surface area contributed by atoms with Crippen molar-refractivity contribution in [3.05, 3.63) is 52.0 Å². The molecule has 22 heavy (non-hydrogen) atoms. The number of anilines is 1. The summed E-state index contributed by atoms with van der Waals surface area (Å²) in [5, 5.41) is 4.16. The van der Waals surface area contributed by atoms with Crippen molar-refractivity contribution in [2.24, 2.45) is 0 Å². The summed E-state index contributed by atoms with van der Waals surface area (Å²) in [5.74, 6) is 1.48. The van der Waals surface area contributed by atoms with Gasteiger partial charge in [0.05, 0.1) is 20.3 Å². The molecule has 0 radical (unpaired) electrons. The minimum atomic E-state index is 0.0285. The average Bonchev–Trinajstić information content (AvgIpc) is 2.53. The molecule has 1 aliphatic rings. The van der Waals surface area contributed by atoms with Crippen LogP contribution in [0.25, 0.3) is 0 Å². The van der Waals surface area contributed by atoms with Crippen molar-refractivity contribution >= 4 is 17.3 Å². The highest BCUT2D eigenvalue weighted by Gasteiger charge is 2.25. The number of fused-ring (bicyclic) bond motifs is 1. The Bertz CT molecular complexity index is 703. The molecule has 1 aliphatic heterocycles. The van der Waals surface area contributed by atoms with Crippen LogP contribution in [0.3, 0.4) is 0 Å². The van der Waals surface area contributed by atoms with Gasteiger partial charge in [0.1, 0.15) is 0 Å². The van der Waals surface area contributed by atoms with Crippen LogP contribution in [0.4, 0.5) is 5.69 Å². The molecule has 116 valence electrons. The van der Waals surface area contributed by atoms with Crippen molar-refractivity contribution in [2.75, 3.05) is 26.5 Å². The minimum Gasteiger partial charge on any atom is -0.493 e. The quantitative estimate of drug-likeness (QED) is 0.853. The lowest BCUT2D eigenvalue weighted by atomic mass is 9.88. The van der Waals surface area contributed by atoms with Crippen molar-refractivity contribution in [1.82, 2.24) is 5.32 Å². The van der Waals surface area contributed by atoms with E-state index in [-0.39, 0.29) is 6.04 Å². The fraction of sp³-hybridized carbons (Fsp3) is 0.294. The molecule has 0 saturated carbocycles. The number of benzene rings is 2. The highest BCUT2D eigenvalue weighted by molar-refractivity contribution is 6.30. The molecule has 3 N–H and O–H groups in total. The van der Waals surface area contributed by atoms with E-state index in [2.05, 4.69) is 5.32 Å². The van der Waals surface area contributed by atoms with E-state index in [1.165, 1.54) is 5.56 Å². The van der Waals surface area contributed by atoms with Crippen molar-refractivity contribution in [3.8, 4) is 11.5 Å². The number of methoxy groups -OCH3 is 2.